The Bertz CT molecular complexity index is 1050. The zero-order chi connectivity index (χ0) is 17.9. The van der Waals surface area contributed by atoms with Crippen molar-refractivity contribution >= 4 is 31.8 Å². The standard InChI is InChI=1S/C14H8O8S2.2K/c15-13-9-3-1-7(23(17,18)19)5-11(9)14(16)12-6-8(24(20,21)22)2-4-10(12)13;;/h1-6H,(H,17,18,19)(H,20,21,22);;/q;2*+1/p-2. The van der Waals surface area contributed by atoms with Gasteiger partial charge in [0.15, 0.2) is 11.6 Å². The zero-order valence-electron chi connectivity index (χ0n) is 13.5. The normalized spacial score (nSPS) is 13.2. The van der Waals surface area contributed by atoms with Crippen LogP contribution in [0.1, 0.15) is 31.8 Å². The number of hydrogen-bond acceptors (Lipinski definition) is 8. The summed E-state index contributed by atoms with van der Waals surface area (Å²) in [6.45, 7) is 0. The van der Waals surface area contributed by atoms with Crippen molar-refractivity contribution in [1.29, 1.82) is 0 Å². The van der Waals surface area contributed by atoms with Crippen molar-refractivity contribution in [2.75, 3.05) is 0 Å². The SMILES string of the molecule is O=C1c2ccc(S(=O)(=O)[O-])cc2C(=O)c2cc(S(=O)(=O)[O-])ccc21.[K+].[K+]. The van der Waals surface area contributed by atoms with Gasteiger partial charge < -0.3 is 9.11 Å². The summed E-state index contributed by atoms with van der Waals surface area (Å²) in [7, 11) is -9.69. The fourth-order valence-electron chi connectivity index (χ4n) is 2.42. The average molecular weight is 445 g/mol. The molecule has 0 N–H and O–H groups in total. The molecule has 0 saturated carbocycles. The Morgan fingerprint density at radius 2 is 0.885 bits per heavy atom. The van der Waals surface area contributed by atoms with E-state index in [-0.39, 0.29) is 125 Å². The number of benzene rings is 2. The van der Waals surface area contributed by atoms with E-state index in [9.17, 15) is 35.5 Å². The molecule has 0 spiro atoms. The number of rotatable bonds is 2. The minimum Gasteiger partial charge on any atom is -0.744 e. The third-order valence-electron chi connectivity index (χ3n) is 3.54. The molecule has 2 aromatic carbocycles. The number of carbonyl (C=O) groups excluding carboxylic acids is 2. The molecule has 0 bridgehead atoms. The molecular formula is C14H6K2O8S2. The van der Waals surface area contributed by atoms with Gasteiger partial charge >= 0.3 is 103 Å². The second-order valence-corrected chi connectivity index (χ2v) is 7.74. The molecule has 0 amide bonds. The van der Waals surface area contributed by atoms with Crippen molar-refractivity contribution < 1.29 is 138 Å². The van der Waals surface area contributed by atoms with Gasteiger partial charge in [0.25, 0.3) is 0 Å². The average Bonchev–Trinajstić information content (AvgIpc) is 2.49. The van der Waals surface area contributed by atoms with E-state index in [1.807, 2.05) is 0 Å². The second kappa shape index (κ2) is 8.71. The molecule has 2 aromatic rings. The van der Waals surface area contributed by atoms with Gasteiger partial charge in [0.05, 0.1) is 9.79 Å². The van der Waals surface area contributed by atoms with Gasteiger partial charge in [0.1, 0.15) is 20.2 Å². The van der Waals surface area contributed by atoms with Gasteiger partial charge in [-0.3, -0.25) is 9.59 Å². The van der Waals surface area contributed by atoms with Gasteiger partial charge in [-0.2, -0.15) is 0 Å². The van der Waals surface area contributed by atoms with Crippen LogP contribution in [-0.2, 0) is 20.2 Å². The first-order chi connectivity index (χ1) is 11.0. The number of hydrogen-bond donors (Lipinski definition) is 0. The van der Waals surface area contributed by atoms with Crippen molar-refractivity contribution in [2.24, 2.45) is 0 Å². The first-order valence-corrected chi connectivity index (χ1v) is 9.11. The maximum atomic E-state index is 12.5. The Labute approximate surface area is 234 Å². The van der Waals surface area contributed by atoms with Crippen LogP contribution in [0.25, 0.3) is 0 Å². The first-order valence-electron chi connectivity index (χ1n) is 6.29. The van der Waals surface area contributed by atoms with E-state index in [1.165, 1.54) is 0 Å². The van der Waals surface area contributed by atoms with E-state index in [2.05, 4.69) is 0 Å². The van der Waals surface area contributed by atoms with Gasteiger partial charge in [-0.1, -0.05) is 0 Å². The quantitative estimate of drug-likeness (QED) is 0.280. The molecule has 124 valence electrons. The maximum Gasteiger partial charge on any atom is 1.00 e. The Balaban J connectivity index is 0.00000169. The topological polar surface area (TPSA) is 149 Å². The smallest absolute Gasteiger partial charge is 0.744 e. The summed E-state index contributed by atoms with van der Waals surface area (Å²) in [6.07, 6.45) is 0. The molecule has 0 unspecified atom stereocenters. The van der Waals surface area contributed by atoms with Crippen LogP contribution in [0.15, 0.2) is 46.2 Å². The van der Waals surface area contributed by atoms with Crippen LogP contribution in [0.3, 0.4) is 0 Å². The molecule has 0 saturated heterocycles. The van der Waals surface area contributed by atoms with E-state index < -0.39 is 41.6 Å². The molecule has 12 heteroatoms. The molecule has 0 aliphatic heterocycles. The van der Waals surface area contributed by atoms with Gasteiger partial charge in [0.2, 0.25) is 0 Å². The third kappa shape index (κ3) is 4.71. The number of carbonyl (C=O) groups is 2. The molecule has 1 aliphatic rings. The molecule has 3 rings (SSSR count). The molecular weight excluding hydrogens is 438 g/mol. The van der Waals surface area contributed by atoms with Crippen molar-refractivity contribution in [1.82, 2.24) is 0 Å². The third-order valence-corrected chi connectivity index (χ3v) is 5.20. The second-order valence-electron chi connectivity index (χ2n) is 4.98. The molecule has 0 atom stereocenters. The maximum absolute atomic E-state index is 12.5. The predicted molar refractivity (Wildman–Crippen MR) is 75.7 cm³/mol. The van der Waals surface area contributed by atoms with Crippen molar-refractivity contribution in [2.45, 2.75) is 9.79 Å². The van der Waals surface area contributed by atoms with Crippen molar-refractivity contribution in [3.63, 3.8) is 0 Å². The Morgan fingerprint density at radius 3 is 1.19 bits per heavy atom. The van der Waals surface area contributed by atoms with Gasteiger partial charge in [0, 0.05) is 22.3 Å². The molecule has 0 aromatic heterocycles. The van der Waals surface area contributed by atoms with Crippen LogP contribution in [0, 0.1) is 0 Å². The van der Waals surface area contributed by atoms with E-state index in [1.54, 1.807) is 0 Å². The Hall–Kier alpha value is 0.873. The van der Waals surface area contributed by atoms with E-state index in [0.717, 1.165) is 36.4 Å². The fraction of sp³-hybridized carbons (Fsp3) is 0. The monoisotopic (exact) mass is 444 g/mol. The van der Waals surface area contributed by atoms with Crippen LogP contribution in [0.5, 0.6) is 0 Å². The molecule has 1 aliphatic carbocycles. The van der Waals surface area contributed by atoms with Crippen LogP contribution >= 0.6 is 0 Å². The molecule has 0 fully saturated rings. The Kier molecular flexibility index (Phi) is 8.34. The van der Waals surface area contributed by atoms with Gasteiger partial charge in [-0.15, -0.1) is 0 Å². The van der Waals surface area contributed by atoms with E-state index in [4.69, 9.17) is 0 Å². The number of ketones is 2. The molecule has 26 heavy (non-hydrogen) atoms. The minimum atomic E-state index is -4.85. The summed E-state index contributed by atoms with van der Waals surface area (Å²) in [5.74, 6) is -1.50. The zero-order valence-corrected chi connectivity index (χ0v) is 21.4. The van der Waals surface area contributed by atoms with Crippen molar-refractivity contribution in [3.8, 4) is 0 Å². The molecule has 0 radical (unpaired) electrons. The summed E-state index contributed by atoms with van der Waals surface area (Å²) >= 11 is 0. The summed E-state index contributed by atoms with van der Waals surface area (Å²) in [4.78, 5) is 23.4. The van der Waals surface area contributed by atoms with Crippen LogP contribution < -0.4 is 103 Å². The summed E-state index contributed by atoms with van der Waals surface area (Å²) in [5.41, 5.74) is -0.912. The van der Waals surface area contributed by atoms with E-state index >= 15 is 0 Å². The summed E-state index contributed by atoms with van der Waals surface area (Å²) in [6, 6.07) is 5.43. The van der Waals surface area contributed by atoms with Crippen molar-refractivity contribution in [3.05, 3.63) is 58.7 Å². The van der Waals surface area contributed by atoms with Crippen LogP contribution in [0.2, 0.25) is 0 Å². The summed E-state index contributed by atoms with van der Waals surface area (Å²) in [5, 5.41) is 0. The van der Waals surface area contributed by atoms with Gasteiger partial charge in [-0.25, -0.2) is 16.8 Å². The largest absolute Gasteiger partial charge is 1.00 e. The molecule has 0 heterocycles. The van der Waals surface area contributed by atoms with Crippen LogP contribution in [0.4, 0.5) is 0 Å². The minimum absolute atomic E-state index is 0. The van der Waals surface area contributed by atoms with Gasteiger partial charge in [-0.05, 0) is 36.4 Å². The first kappa shape index (κ1) is 24.9. The number of fused-ring (bicyclic) bond motifs is 2. The van der Waals surface area contributed by atoms with E-state index in [0.29, 0.717) is 0 Å². The van der Waals surface area contributed by atoms with Crippen LogP contribution in [-0.4, -0.2) is 37.5 Å². The fourth-order valence-corrected chi connectivity index (χ4v) is 3.41. The Morgan fingerprint density at radius 1 is 0.577 bits per heavy atom. The summed E-state index contributed by atoms with van der Waals surface area (Å²) < 4.78 is 66.4. The predicted octanol–water partition coefficient (Wildman–Crippen LogP) is -5.72. The molecule has 8 nitrogen and oxygen atoms in total.